The first-order chi connectivity index (χ1) is 17.3. The summed E-state index contributed by atoms with van der Waals surface area (Å²) in [4.78, 5) is 17.0. The number of morpholine rings is 1. The van der Waals surface area contributed by atoms with Crippen molar-refractivity contribution in [2.45, 2.75) is 13.1 Å². The third kappa shape index (κ3) is 4.71. The van der Waals surface area contributed by atoms with Crippen LogP contribution in [0.25, 0.3) is 22.3 Å². The molecule has 2 aromatic carbocycles. The highest BCUT2D eigenvalue weighted by molar-refractivity contribution is 5.92. The molecule has 0 unspecified atom stereocenters. The minimum absolute atomic E-state index is 0.198. The maximum absolute atomic E-state index is 5.74. The fourth-order valence-corrected chi connectivity index (χ4v) is 4.50. The number of aromatic nitrogens is 3. The first-order valence-corrected chi connectivity index (χ1v) is 11.8. The Hall–Kier alpha value is -3.88. The summed E-state index contributed by atoms with van der Waals surface area (Å²) in [6, 6.07) is 21.0. The van der Waals surface area contributed by atoms with E-state index in [1.165, 1.54) is 5.56 Å². The summed E-state index contributed by atoms with van der Waals surface area (Å²) in [7, 11) is 0. The lowest BCUT2D eigenvalue weighted by Gasteiger charge is -2.26. The zero-order valence-corrected chi connectivity index (χ0v) is 19.4. The molecular formula is C27H27N5O3. The van der Waals surface area contributed by atoms with Crippen LogP contribution < -0.4 is 4.90 Å². The second kappa shape index (κ2) is 9.77. The minimum atomic E-state index is 0.198. The zero-order chi connectivity index (χ0) is 23.5. The monoisotopic (exact) mass is 469 g/mol. The van der Waals surface area contributed by atoms with Crippen LogP contribution in [0.15, 0.2) is 79.1 Å². The second-order valence-corrected chi connectivity index (χ2v) is 8.68. The normalized spacial score (nSPS) is 16.1. The van der Waals surface area contributed by atoms with Gasteiger partial charge in [-0.25, -0.2) is 9.97 Å². The molecule has 2 aromatic heterocycles. The SMILES string of the molecule is C1=C(N(Cc2ccccc2)c2ncnc3[nH]c(-c4ccc(CN5CCOCC5)cc4)cc23)OCO1. The number of nitrogens with one attached hydrogen (secondary N) is 1. The summed E-state index contributed by atoms with van der Waals surface area (Å²) < 4.78 is 16.6. The van der Waals surface area contributed by atoms with Crippen molar-refractivity contribution in [1.29, 1.82) is 0 Å². The molecule has 35 heavy (non-hydrogen) atoms. The molecule has 4 heterocycles. The molecule has 1 N–H and O–H groups in total. The van der Waals surface area contributed by atoms with Crippen LogP contribution >= 0.6 is 0 Å². The number of rotatable bonds is 7. The molecule has 4 aromatic rings. The first kappa shape index (κ1) is 21.6. The van der Waals surface area contributed by atoms with Gasteiger partial charge in [-0.15, -0.1) is 0 Å². The molecule has 6 rings (SSSR count). The highest BCUT2D eigenvalue weighted by Gasteiger charge is 2.23. The second-order valence-electron chi connectivity index (χ2n) is 8.68. The van der Waals surface area contributed by atoms with Crippen molar-refractivity contribution in [3.63, 3.8) is 0 Å². The molecule has 2 aliphatic heterocycles. The molecule has 2 aliphatic rings. The largest absolute Gasteiger partial charge is 0.459 e. The molecule has 1 fully saturated rings. The van der Waals surface area contributed by atoms with Crippen molar-refractivity contribution in [3.8, 4) is 11.3 Å². The number of hydrogen-bond acceptors (Lipinski definition) is 7. The van der Waals surface area contributed by atoms with Crippen LogP contribution in [0.2, 0.25) is 0 Å². The van der Waals surface area contributed by atoms with Gasteiger partial charge in [0.1, 0.15) is 24.1 Å². The maximum atomic E-state index is 5.74. The van der Waals surface area contributed by atoms with Gasteiger partial charge in [-0.3, -0.25) is 9.80 Å². The van der Waals surface area contributed by atoms with Crippen LogP contribution in [0.4, 0.5) is 5.82 Å². The molecule has 0 saturated carbocycles. The Labute approximate surface area is 203 Å². The van der Waals surface area contributed by atoms with E-state index in [2.05, 4.69) is 62.3 Å². The molecule has 0 bridgehead atoms. The van der Waals surface area contributed by atoms with E-state index < -0.39 is 0 Å². The lowest BCUT2D eigenvalue weighted by Crippen LogP contribution is -2.35. The Balaban J connectivity index is 1.30. The van der Waals surface area contributed by atoms with E-state index in [0.717, 1.165) is 66.5 Å². The number of H-pyrrole nitrogens is 1. The van der Waals surface area contributed by atoms with E-state index in [4.69, 9.17) is 14.2 Å². The first-order valence-electron chi connectivity index (χ1n) is 11.8. The van der Waals surface area contributed by atoms with Crippen molar-refractivity contribution < 1.29 is 14.2 Å². The van der Waals surface area contributed by atoms with Gasteiger partial charge in [0, 0.05) is 25.3 Å². The lowest BCUT2D eigenvalue weighted by atomic mass is 10.1. The van der Waals surface area contributed by atoms with Gasteiger partial charge in [-0.05, 0) is 22.8 Å². The van der Waals surface area contributed by atoms with Crippen LogP contribution in [-0.2, 0) is 27.3 Å². The summed E-state index contributed by atoms with van der Waals surface area (Å²) in [5.74, 6) is 1.39. The Morgan fingerprint density at radius 2 is 1.77 bits per heavy atom. The van der Waals surface area contributed by atoms with Gasteiger partial charge >= 0.3 is 0 Å². The summed E-state index contributed by atoms with van der Waals surface area (Å²) in [6.07, 6.45) is 3.22. The topological polar surface area (TPSA) is 75.7 Å². The summed E-state index contributed by atoms with van der Waals surface area (Å²) in [5, 5.41) is 0.923. The van der Waals surface area contributed by atoms with Gasteiger partial charge in [-0.1, -0.05) is 54.6 Å². The van der Waals surface area contributed by atoms with Gasteiger partial charge in [0.05, 0.1) is 25.1 Å². The van der Waals surface area contributed by atoms with Gasteiger partial charge in [0.2, 0.25) is 12.7 Å². The molecule has 1 saturated heterocycles. The number of anilines is 1. The number of fused-ring (bicyclic) bond motifs is 1. The van der Waals surface area contributed by atoms with Crippen molar-refractivity contribution >= 4 is 16.9 Å². The zero-order valence-electron chi connectivity index (χ0n) is 19.4. The molecule has 0 amide bonds. The number of benzene rings is 2. The highest BCUT2D eigenvalue weighted by Crippen LogP contribution is 2.32. The molecule has 178 valence electrons. The predicted octanol–water partition coefficient (Wildman–Crippen LogP) is 4.27. The van der Waals surface area contributed by atoms with Crippen LogP contribution in [0.5, 0.6) is 0 Å². The highest BCUT2D eigenvalue weighted by atomic mass is 16.7. The van der Waals surface area contributed by atoms with Gasteiger partial charge in [0.15, 0.2) is 0 Å². The van der Waals surface area contributed by atoms with E-state index in [1.54, 1.807) is 12.6 Å². The van der Waals surface area contributed by atoms with Crippen LogP contribution in [0.1, 0.15) is 11.1 Å². The van der Waals surface area contributed by atoms with Gasteiger partial charge in [-0.2, -0.15) is 0 Å². The quantitative estimate of drug-likeness (QED) is 0.433. The average molecular weight is 470 g/mol. The molecule has 8 nitrogen and oxygen atoms in total. The fourth-order valence-electron chi connectivity index (χ4n) is 4.50. The van der Waals surface area contributed by atoms with E-state index in [-0.39, 0.29) is 6.79 Å². The lowest BCUT2D eigenvalue weighted by molar-refractivity contribution is 0.0342. The van der Waals surface area contributed by atoms with Crippen molar-refractivity contribution in [2.24, 2.45) is 0 Å². The Morgan fingerprint density at radius 1 is 0.943 bits per heavy atom. The van der Waals surface area contributed by atoms with Crippen LogP contribution in [0.3, 0.4) is 0 Å². The van der Waals surface area contributed by atoms with E-state index in [0.29, 0.717) is 12.4 Å². The Kier molecular flexibility index (Phi) is 6.04. The van der Waals surface area contributed by atoms with Crippen LogP contribution in [0, 0.1) is 0 Å². The predicted molar refractivity (Wildman–Crippen MR) is 133 cm³/mol. The summed E-state index contributed by atoms with van der Waals surface area (Å²) in [5.41, 5.74) is 5.32. The summed E-state index contributed by atoms with van der Waals surface area (Å²) in [6.45, 7) is 5.32. The molecule has 0 atom stereocenters. The molecular weight excluding hydrogens is 442 g/mol. The standard InChI is InChI=1S/C27H27N5O3/c1-2-4-20(5-3-1)16-32(25-17-34-19-35-25)27-23-14-24(30-26(23)28-18-29-27)22-8-6-21(7-9-22)15-31-10-12-33-13-11-31/h1-9,14,17-18H,10-13,15-16,19H2,(H,28,29,30). The number of hydrogen-bond donors (Lipinski definition) is 1. The number of nitrogens with zero attached hydrogens (tertiary/aromatic N) is 4. The van der Waals surface area contributed by atoms with E-state index >= 15 is 0 Å². The molecule has 0 aliphatic carbocycles. The van der Waals surface area contributed by atoms with Crippen molar-refractivity contribution in [3.05, 3.63) is 90.3 Å². The Morgan fingerprint density at radius 3 is 2.54 bits per heavy atom. The van der Waals surface area contributed by atoms with Crippen LogP contribution in [-0.4, -0.2) is 52.9 Å². The smallest absolute Gasteiger partial charge is 0.234 e. The van der Waals surface area contributed by atoms with Crippen molar-refractivity contribution in [1.82, 2.24) is 19.9 Å². The third-order valence-corrected chi connectivity index (χ3v) is 6.34. The summed E-state index contributed by atoms with van der Waals surface area (Å²) >= 11 is 0. The molecule has 0 radical (unpaired) electrons. The fraction of sp³-hybridized carbons (Fsp3) is 0.259. The number of ether oxygens (including phenoxy) is 3. The maximum Gasteiger partial charge on any atom is 0.234 e. The van der Waals surface area contributed by atoms with Crippen molar-refractivity contribution in [2.75, 3.05) is 38.0 Å². The Bertz CT molecular complexity index is 1310. The van der Waals surface area contributed by atoms with E-state index in [1.807, 2.05) is 23.1 Å². The van der Waals surface area contributed by atoms with E-state index in [9.17, 15) is 0 Å². The molecule has 8 heteroatoms. The third-order valence-electron chi connectivity index (χ3n) is 6.34. The number of aromatic amines is 1. The van der Waals surface area contributed by atoms with Gasteiger partial charge < -0.3 is 19.2 Å². The molecule has 0 spiro atoms. The van der Waals surface area contributed by atoms with Gasteiger partial charge in [0.25, 0.3) is 0 Å². The minimum Gasteiger partial charge on any atom is -0.459 e. The average Bonchev–Trinajstić information content (AvgIpc) is 3.60.